The van der Waals surface area contributed by atoms with Gasteiger partial charge in [-0.1, -0.05) is 35.9 Å². The fourth-order valence-corrected chi connectivity index (χ4v) is 5.13. The molecule has 4 nitrogen and oxygen atoms in total. The van der Waals surface area contributed by atoms with E-state index in [2.05, 4.69) is 0 Å². The smallest absolute Gasteiger partial charge is 0.222 e. The van der Waals surface area contributed by atoms with Crippen LogP contribution in [0.15, 0.2) is 53.4 Å². The molecular formula is C20H22ClNO3S. The summed E-state index contributed by atoms with van der Waals surface area (Å²) >= 11 is 5.83. The van der Waals surface area contributed by atoms with Gasteiger partial charge in [-0.3, -0.25) is 4.79 Å². The van der Waals surface area contributed by atoms with Crippen molar-refractivity contribution in [3.8, 4) is 0 Å². The van der Waals surface area contributed by atoms with Gasteiger partial charge < -0.3 is 4.90 Å². The van der Waals surface area contributed by atoms with Crippen LogP contribution in [0.5, 0.6) is 0 Å². The predicted molar refractivity (Wildman–Crippen MR) is 103 cm³/mol. The Balaban J connectivity index is 1.62. The van der Waals surface area contributed by atoms with Crippen LogP contribution in [0.2, 0.25) is 5.02 Å². The number of halogens is 1. The summed E-state index contributed by atoms with van der Waals surface area (Å²) in [6.45, 7) is 2.78. The third-order valence-corrected chi connectivity index (χ3v) is 7.39. The second-order valence-electron chi connectivity index (χ2n) is 6.68. The Morgan fingerprint density at radius 2 is 1.85 bits per heavy atom. The molecule has 1 aliphatic rings. The summed E-state index contributed by atoms with van der Waals surface area (Å²) in [4.78, 5) is 14.4. The van der Waals surface area contributed by atoms with Gasteiger partial charge in [0.05, 0.1) is 10.1 Å². The van der Waals surface area contributed by atoms with Gasteiger partial charge in [0.1, 0.15) is 0 Å². The number of hydrogen-bond acceptors (Lipinski definition) is 3. The Morgan fingerprint density at radius 3 is 2.54 bits per heavy atom. The van der Waals surface area contributed by atoms with E-state index in [4.69, 9.17) is 11.6 Å². The van der Waals surface area contributed by atoms with Crippen molar-refractivity contribution in [1.82, 2.24) is 4.90 Å². The first-order chi connectivity index (χ1) is 12.4. The number of benzene rings is 2. The molecule has 26 heavy (non-hydrogen) atoms. The average Bonchev–Trinajstić information content (AvgIpc) is 3.12. The topological polar surface area (TPSA) is 54.5 Å². The van der Waals surface area contributed by atoms with E-state index in [1.54, 1.807) is 17.0 Å². The van der Waals surface area contributed by atoms with Gasteiger partial charge in [-0.05, 0) is 55.2 Å². The molecule has 1 atom stereocenters. The van der Waals surface area contributed by atoms with Gasteiger partial charge in [0, 0.05) is 24.5 Å². The normalized spacial score (nSPS) is 17.5. The molecule has 6 heteroatoms. The van der Waals surface area contributed by atoms with Gasteiger partial charge in [0.2, 0.25) is 5.91 Å². The summed E-state index contributed by atoms with van der Waals surface area (Å²) in [6, 6.07) is 14.2. The van der Waals surface area contributed by atoms with E-state index in [0.717, 1.165) is 5.56 Å². The average molecular weight is 392 g/mol. The molecule has 1 unspecified atom stereocenters. The summed E-state index contributed by atoms with van der Waals surface area (Å²) in [6.07, 6.45) is 1.55. The Kier molecular flexibility index (Phi) is 5.68. The molecule has 3 rings (SSSR count). The molecule has 0 radical (unpaired) electrons. The van der Waals surface area contributed by atoms with Crippen molar-refractivity contribution in [2.75, 3.05) is 13.1 Å². The highest BCUT2D eigenvalue weighted by molar-refractivity contribution is 7.92. The molecule has 1 saturated heterocycles. The molecule has 0 spiro atoms. The molecule has 0 aliphatic carbocycles. The number of amides is 1. The summed E-state index contributed by atoms with van der Waals surface area (Å²) in [5.41, 5.74) is 2.33. The highest BCUT2D eigenvalue weighted by Crippen LogP contribution is 2.25. The van der Waals surface area contributed by atoms with Crippen LogP contribution in [0.1, 0.15) is 24.0 Å². The van der Waals surface area contributed by atoms with Gasteiger partial charge in [-0.2, -0.15) is 0 Å². The first-order valence-corrected chi connectivity index (χ1v) is 10.6. The highest BCUT2D eigenvalue weighted by Gasteiger charge is 2.35. The van der Waals surface area contributed by atoms with Crippen molar-refractivity contribution in [2.45, 2.75) is 36.3 Å². The Bertz CT molecular complexity index is 894. The second kappa shape index (κ2) is 7.80. The van der Waals surface area contributed by atoms with Gasteiger partial charge in [-0.25, -0.2) is 8.42 Å². The molecule has 1 aliphatic heterocycles. The monoisotopic (exact) mass is 391 g/mol. The lowest BCUT2D eigenvalue weighted by atomic mass is 10.0. The predicted octanol–water partition coefficient (Wildman–Crippen LogP) is 3.66. The Labute approximate surface area is 159 Å². The molecule has 1 fully saturated rings. The molecule has 2 aromatic carbocycles. The maximum atomic E-state index is 12.8. The van der Waals surface area contributed by atoms with E-state index >= 15 is 0 Å². The molecule has 0 aromatic heterocycles. The number of aryl methyl sites for hydroxylation is 2. The molecular weight excluding hydrogens is 370 g/mol. The largest absolute Gasteiger partial charge is 0.341 e. The van der Waals surface area contributed by atoms with E-state index in [1.807, 2.05) is 31.2 Å². The summed E-state index contributed by atoms with van der Waals surface area (Å²) in [5.74, 6) is 0.0158. The summed E-state index contributed by atoms with van der Waals surface area (Å²) in [5, 5.41) is -0.0468. The minimum Gasteiger partial charge on any atom is -0.341 e. The lowest BCUT2D eigenvalue weighted by Crippen LogP contribution is -2.32. The van der Waals surface area contributed by atoms with Crippen LogP contribution in [-0.2, 0) is 21.1 Å². The maximum Gasteiger partial charge on any atom is 0.222 e. The van der Waals surface area contributed by atoms with Gasteiger partial charge >= 0.3 is 0 Å². The summed E-state index contributed by atoms with van der Waals surface area (Å²) in [7, 11) is -3.45. The fraction of sp³-hybridized carbons (Fsp3) is 0.350. The van der Waals surface area contributed by atoms with Crippen molar-refractivity contribution in [2.24, 2.45) is 0 Å². The molecule has 1 amide bonds. The van der Waals surface area contributed by atoms with E-state index in [0.29, 0.717) is 30.8 Å². The number of nitrogens with zero attached hydrogens (tertiary/aromatic N) is 1. The number of carbonyl (C=O) groups is 1. The molecule has 2 aromatic rings. The number of hydrogen-bond donors (Lipinski definition) is 0. The van der Waals surface area contributed by atoms with Crippen LogP contribution in [0, 0.1) is 6.92 Å². The molecule has 0 saturated carbocycles. The zero-order chi connectivity index (χ0) is 18.7. The maximum absolute atomic E-state index is 12.8. The van der Waals surface area contributed by atoms with Crippen molar-refractivity contribution < 1.29 is 13.2 Å². The van der Waals surface area contributed by atoms with Crippen LogP contribution in [0.25, 0.3) is 0 Å². The van der Waals surface area contributed by atoms with Crippen molar-refractivity contribution >= 4 is 27.3 Å². The van der Waals surface area contributed by atoms with Gasteiger partial charge in [0.25, 0.3) is 0 Å². The first-order valence-electron chi connectivity index (χ1n) is 8.69. The molecule has 1 heterocycles. The number of sulfone groups is 1. The lowest BCUT2D eigenvalue weighted by molar-refractivity contribution is -0.130. The summed E-state index contributed by atoms with van der Waals surface area (Å²) < 4.78 is 25.5. The van der Waals surface area contributed by atoms with Crippen molar-refractivity contribution in [1.29, 1.82) is 0 Å². The molecule has 0 bridgehead atoms. The van der Waals surface area contributed by atoms with E-state index in [1.165, 1.54) is 17.7 Å². The zero-order valence-corrected chi connectivity index (χ0v) is 16.3. The standard InChI is InChI=1S/C20H22ClNO3S/c1-15-4-2-3-5-16(15)6-11-20(23)22-13-12-19(14-22)26(24,25)18-9-7-17(21)8-10-18/h2-5,7-10,19H,6,11-14H2,1H3. The van der Waals surface area contributed by atoms with Crippen LogP contribution < -0.4 is 0 Å². The van der Waals surface area contributed by atoms with E-state index in [9.17, 15) is 13.2 Å². The first kappa shape index (κ1) is 18.9. The van der Waals surface area contributed by atoms with Crippen molar-refractivity contribution in [3.63, 3.8) is 0 Å². The van der Waals surface area contributed by atoms with Crippen LogP contribution >= 0.6 is 11.6 Å². The fourth-order valence-electron chi connectivity index (χ4n) is 3.32. The Hall–Kier alpha value is -1.85. The van der Waals surface area contributed by atoms with Crippen LogP contribution in [-0.4, -0.2) is 37.6 Å². The molecule has 0 N–H and O–H groups in total. The minimum absolute atomic E-state index is 0.0158. The third kappa shape index (κ3) is 4.10. The van der Waals surface area contributed by atoms with Gasteiger partial charge in [0.15, 0.2) is 9.84 Å². The number of carbonyl (C=O) groups excluding carboxylic acids is 1. The van der Waals surface area contributed by atoms with Crippen LogP contribution in [0.4, 0.5) is 0 Å². The quantitative estimate of drug-likeness (QED) is 0.781. The van der Waals surface area contributed by atoms with Crippen LogP contribution in [0.3, 0.4) is 0 Å². The lowest BCUT2D eigenvalue weighted by Gasteiger charge is -2.17. The SMILES string of the molecule is Cc1ccccc1CCC(=O)N1CCC(S(=O)(=O)c2ccc(Cl)cc2)C1. The number of rotatable bonds is 5. The number of likely N-dealkylation sites (tertiary alicyclic amines) is 1. The highest BCUT2D eigenvalue weighted by atomic mass is 35.5. The third-order valence-electron chi connectivity index (χ3n) is 4.95. The Morgan fingerprint density at radius 1 is 1.15 bits per heavy atom. The second-order valence-corrected chi connectivity index (χ2v) is 9.34. The van der Waals surface area contributed by atoms with E-state index in [-0.39, 0.29) is 17.3 Å². The zero-order valence-electron chi connectivity index (χ0n) is 14.7. The minimum atomic E-state index is -3.45. The molecule has 138 valence electrons. The van der Waals surface area contributed by atoms with Gasteiger partial charge in [-0.15, -0.1) is 0 Å². The van der Waals surface area contributed by atoms with E-state index < -0.39 is 15.1 Å². The van der Waals surface area contributed by atoms with Crippen molar-refractivity contribution in [3.05, 3.63) is 64.7 Å².